The summed E-state index contributed by atoms with van der Waals surface area (Å²) in [5, 5.41) is 11.0. The van der Waals surface area contributed by atoms with E-state index < -0.39 is 0 Å². The minimum atomic E-state index is 0.407. The third-order valence-corrected chi connectivity index (χ3v) is 1.88. The van der Waals surface area contributed by atoms with Gasteiger partial charge in [-0.3, -0.25) is 10.3 Å². The normalized spacial score (nSPS) is 17.2. The van der Waals surface area contributed by atoms with E-state index in [0.717, 1.165) is 25.5 Å². The number of nitriles is 1. The molecule has 0 atom stereocenters. The molecule has 0 aromatic heterocycles. The Kier molecular flexibility index (Phi) is 2.92. The van der Waals surface area contributed by atoms with Crippen LogP contribution in [0.15, 0.2) is 4.99 Å². The molecule has 1 aliphatic heterocycles. The summed E-state index contributed by atoms with van der Waals surface area (Å²) in [5.74, 6) is 0.721. The lowest BCUT2D eigenvalue weighted by Gasteiger charge is -2.31. The van der Waals surface area contributed by atoms with Gasteiger partial charge in [0.2, 0.25) is 5.96 Å². The highest BCUT2D eigenvalue weighted by Crippen LogP contribution is 2.05. The Labute approximate surface area is 72.9 Å². The van der Waals surface area contributed by atoms with Gasteiger partial charge in [0.25, 0.3) is 0 Å². The van der Waals surface area contributed by atoms with Crippen molar-refractivity contribution in [3.8, 4) is 6.19 Å². The third-order valence-electron chi connectivity index (χ3n) is 1.88. The largest absolute Gasteiger partial charge is 0.340 e. The van der Waals surface area contributed by atoms with Gasteiger partial charge in [-0.05, 0) is 20.3 Å². The summed E-state index contributed by atoms with van der Waals surface area (Å²) in [6.45, 7) is 6.01. The van der Waals surface area contributed by atoms with E-state index in [1.807, 2.05) is 6.19 Å². The molecular formula is C8H14N4. The van der Waals surface area contributed by atoms with Crippen LogP contribution >= 0.6 is 0 Å². The molecule has 1 N–H and O–H groups in total. The van der Waals surface area contributed by atoms with Gasteiger partial charge in [0, 0.05) is 19.1 Å². The number of rotatable bonds is 1. The lowest BCUT2D eigenvalue weighted by Crippen LogP contribution is -2.46. The Morgan fingerprint density at radius 2 is 2.42 bits per heavy atom. The topological polar surface area (TPSA) is 51.4 Å². The third kappa shape index (κ3) is 1.88. The van der Waals surface area contributed by atoms with Gasteiger partial charge in [0.1, 0.15) is 0 Å². The number of nitrogens with one attached hydrogen (secondary N) is 1. The van der Waals surface area contributed by atoms with Crippen LogP contribution in [0.5, 0.6) is 0 Å². The molecule has 0 spiro atoms. The highest BCUT2D eigenvalue weighted by molar-refractivity contribution is 5.82. The van der Waals surface area contributed by atoms with Gasteiger partial charge >= 0.3 is 0 Å². The average Bonchev–Trinajstić information content (AvgIpc) is 2.05. The fourth-order valence-electron chi connectivity index (χ4n) is 1.29. The molecule has 0 unspecified atom stereocenters. The van der Waals surface area contributed by atoms with Gasteiger partial charge in [-0.2, -0.15) is 5.26 Å². The van der Waals surface area contributed by atoms with E-state index in [0.29, 0.717) is 6.04 Å². The molecule has 4 heteroatoms. The number of aliphatic imine (C=N–C) groups is 1. The highest BCUT2D eigenvalue weighted by atomic mass is 15.3. The zero-order chi connectivity index (χ0) is 8.97. The predicted molar refractivity (Wildman–Crippen MR) is 47.5 cm³/mol. The van der Waals surface area contributed by atoms with Crippen LogP contribution in [0, 0.1) is 11.5 Å². The molecule has 66 valence electrons. The SMILES string of the molecule is CC(C)N1CCCN=C1NC#N. The number of guanidine groups is 1. The molecule has 1 aliphatic rings. The molecule has 0 aromatic rings. The number of hydrogen-bond acceptors (Lipinski definition) is 4. The van der Waals surface area contributed by atoms with Crippen LogP contribution in [0.3, 0.4) is 0 Å². The molecule has 0 aliphatic carbocycles. The lowest BCUT2D eigenvalue weighted by molar-refractivity contribution is 0.324. The van der Waals surface area contributed by atoms with Gasteiger partial charge in [-0.15, -0.1) is 0 Å². The van der Waals surface area contributed by atoms with Crippen LogP contribution < -0.4 is 5.32 Å². The fraction of sp³-hybridized carbons (Fsp3) is 0.750. The van der Waals surface area contributed by atoms with Crippen LogP contribution in [-0.4, -0.2) is 30.0 Å². The minimum absolute atomic E-state index is 0.407. The van der Waals surface area contributed by atoms with Crippen LogP contribution in [0.1, 0.15) is 20.3 Å². The Morgan fingerprint density at radius 3 is 3.00 bits per heavy atom. The first-order valence-corrected chi connectivity index (χ1v) is 4.22. The predicted octanol–water partition coefficient (Wildman–Crippen LogP) is 0.527. The molecule has 1 heterocycles. The highest BCUT2D eigenvalue weighted by Gasteiger charge is 2.16. The van der Waals surface area contributed by atoms with Crippen LogP contribution in [0.2, 0.25) is 0 Å². The van der Waals surface area contributed by atoms with Crippen molar-refractivity contribution in [2.75, 3.05) is 13.1 Å². The van der Waals surface area contributed by atoms with Crippen molar-refractivity contribution >= 4 is 5.96 Å². The minimum Gasteiger partial charge on any atom is -0.340 e. The second-order valence-corrected chi connectivity index (χ2v) is 3.08. The van der Waals surface area contributed by atoms with Gasteiger partial charge in [-0.25, -0.2) is 0 Å². The standard InChI is InChI=1S/C8H14N4/c1-7(2)12-5-3-4-10-8(12)11-6-9/h7H,3-5H2,1-2H3,(H,10,11). The Balaban J connectivity index is 2.65. The van der Waals surface area contributed by atoms with Crippen molar-refractivity contribution < 1.29 is 0 Å². The number of nitrogens with zero attached hydrogens (tertiary/aromatic N) is 3. The van der Waals surface area contributed by atoms with E-state index in [1.54, 1.807) is 0 Å². The molecule has 0 aromatic carbocycles. The second kappa shape index (κ2) is 3.96. The molecule has 0 radical (unpaired) electrons. The maximum atomic E-state index is 8.45. The number of hydrogen-bond donors (Lipinski definition) is 1. The summed E-state index contributed by atoms with van der Waals surface area (Å²) in [5.41, 5.74) is 0. The van der Waals surface area contributed by atoms with E-state index >= 15 is 0 Å². The monoisotopic (exact) mass is 166 g/mol. The van der Waals surface area contributed by atoms with Crippen LogP contribution in [0.4, 0.5) is 0 Å². The van der Waals surface area contributed by atoms with Crippen molar-refractivity contribution in [3.63, 3.8) is 0 Å². The molecule has 4 nitrogen and oxygen atoms in total. The van der Waals surface area contributed by atoms with Crippen molar-refractivity contribution in [2.24, 2.45) is 4.99 Å². The van der Waals surface area contributed by atoms with Crippen molar-refractivity contribution in [3.05, 3.63) is 0 Å². The molecule has 0 saturated carbocycles. The van der Waals surface area contributed by atoms with E-state index in [4.69, 9.17) is 5.26 Å². The van der Waals surface area contributed by atoms with Crippen molar-refractivity contribution in [2.45, 2.75) is 26.3 Å². The van der Waals surface area contributed by atoms with Gasteiger partial charge in [0.15, 0.2) is 6.19 Å². The van der Waals surface area contributed by atoms with E-state index in [2.05, 4.69) is 29.1 Å². The molecule has 1 rings (SSSR count). The van der Waals surface area contributed by atoms with E-state index in [9.17, 15) is 0 Å². The van der Waals surface area contributed by atoms with Crippen LogP contribution in [-0.2, 0) is 0 Å². The van der Waals surface area contributed by atoms with E-state index in [1.165, 1.54) is 0 Å². The zero-order valence-corrected chi connectivity index (χ0v) is 7.54. The fourth-order valence-corrected chi connectivity index (χ4v) is 1.29. The molecule has 0 bridgehead atoms. The molecule has 0 saturated heterocycles. The summed E-state index contributed by atoms with van der Waals surface area (Å²) < 4.78 is 0. The average molecular weight is 166 g/mol. The van der Waals surface area contributed by atoms with Crippen LogP contribution in [0.25, 0.3) is 0 Å². The van der Waals surface area contributed by atoms with Gasteiger partial charge in [0.05, 0.1) is 0 Å². The summed E-state index contributed by atoms with van der Waals surface area (Å²) in [6, 6.07) is 0.407. The molecule has 0 amide bonds. The summed E-state index contributed by atoms with van der Waals surface area (Å²) in [4.78, 5) is 6.33. The molecule has 12 heavy (non-hydrogen) atoms. The summed E-state index contributed by atoms with van der Waals surface area (Å²) >= 11 is 0. The maximum absolute atomic E-state index is 8.45. The van der Waals surface area contributed by atoms with Gasteiger partial charge < -0.3 is 4.90 Å². The Bertz CT molecular complexity index is 214. The van der Waals surface area contributed by atoms with E-state index in [-0.39, 0.29) is 0 Å². The maximum Gasteiger partial charge on any atom is 0.207 e. The zero-order valence-electron chi connectivity index (χ0n) is 7.54. The first-order valence-electron chi connectivity index (χ1n) is 4.22. The van der Waals surface area contributed by atoms with Crippen molar-refractivity contribution in [1.82, 2.24) is 10.2 Å². The molecule has 0 fully saturated rings. The smallest absolute Gasteiger partial charge is 0.207 e. The first kappa shape index (κ1) is 8.85. The van der Waals surface area contributed by atoms with Crippen molar-refractivity contribution in [1.29, 1.82) is 5.26 Å². The summed E-state index contributed by atoms with van der Waals surface area (Å²) in [7, 11) is 0. The Morgan fingerprint density at radius 1 is 1.67 bits per heavy atom. The first-order chi connectivity index (χ1) is 5.75. The quantitative estimate of drug-likeness (QED) is 0.456. The van der Waals surface area contributed by atoms with Gasteiger partial charge in [-0.1, -0.05) is 0 Å². The molecular weight excluding hydrogens is 152 g/mol. The Hall–Kier alpha value is -1.24. The lowest BCUT2D eigenvalue weighted by atomic mass is 10.2. The summed E-state index contributed by atoms with van der Waals surface area (Å²) in [6.07, 6.45) is 2.98. The second-order valence-electron chi connectivity index (χ2n) is 3.08.